The van der Waals surface area contributed by atoms with Gasteiger partial charge in [0.05, 0.1) is 29.4 Å². The number of aliphatic hydroxyl groups is 1. The van der Waals surface area contributed by atoms with Crippen molar-refractivity contribution in [1.82, 2.24) is 10.2 Å². The maximum Gasteiger partial charge on any atom is 0.416 e. The quantitative estimate of drug-likeness (QED) is 0.188. The maximum atomic E-state index is 13.7. The SMILES string of the molecule is CC(=O)OCC1CCN(C(c2ccc(C(F)(F)F)cc2CCN[C@@H](C)[C@@H](O)c2cc(C(F)(F)F)cc(C(F)(F)F)c2)C(C)C)CC1. The van der Waals surface area contributed by atoms with E-state index >= 15 is 0 Å². The summed E-state index contributed by atoms with van der Waals surface area (Å²) in [5.41, 5.74) is -3.53. The van der Waals surface area contributed by atoms with Crippen LogP contribution in [0.25, 0.3) is 0 Å². The van der Waals surface area contributed by atoms with Crippen molar-refractivity contribution in [2.24, 2.45) is 11.8 Å². The second kappa shape index (κ2) is 14.9. The van der Waals surface area contributed by atoms with Crippen molar-refractivity contribution < 1.29 is 54.2 Å². The molecule has 1 heterocycles. The molecule has 46 heavy (non-hydrogen) atoms. The summed E-state index contributed by atoms with van der Waals surface area (Å²) in [4.78, 5) is 13.4. The first-order valence-corrected chi connectivity index (χ1v) is 15.0. The van der Waals surface area contributed by atoms with Gasteiger partial charge in [-0.05, 0) is 105 Å². The van der Waals surface area contributed by atoms with E-state index in [1.165, 1.54) is 19.9 Å². The first kappa shape index (κ1) is 37.6. The Balaban J connectivity index is 1.82. The van der Waals surface area contributed by atoms with Crippen molar-refractivity contribution in [1.29, 1.82) is 0 Å². The van der Waals surface area contributed by atoms with Gasteiger partial charge in [0, 0.05) is 19.0 Å². The maximum absolute atomic E-state index is 13.7. The Morgan fingerprint density at radius 3 is 1.91 bits per heavy atom. The molecule has 1 fully saturated rings. The van der Waals surface area contributed by atoms with E-state index in [1.54, 1.807) is 0 Å². The zero-order valence-corrected chi connectivity index (χ0v) is 25.9. The van der Waals surface area contributed by atoms with E-state index in [1.807, 2.05) is 13.8 Å². The fourth-order valence-electron chi connectivity index (χ4n) is 5.88. The Morgan fingerprint density at radius 2 is 1.43 bits per heavy atom. The highest BCUT2D eigenvalue weighted by atomic mass is 19.4. The number of rotatable bonds is 11. The number of alkyl halides is 9. The monoisotopic (exact) mass is 670 g/mol. The molecule has 3 rings (SSSR count). The number of nitrogens with one attached hydrogen (secondary N) is 1. The molecule has 1 unspecified atom stereocenters. The second-order valence-corrected chi connectivity index (χ2v) is 12.2. The molecule has 1 saturated heterocycles. The summed E-state index contributed by atoms with van der Waals surface area (Å²) in [6, 6.07) is 3.11. The number of halogens is 9. The summed E-state index contributed by atoms with van der Waals surface area (Å²) in [6.45, 7) is 8.16. The van der Waals surface area contributed by atoms with Gasteiger partial charge in [-0.3, -0.25) is 9.69 Å². The number of hydrogen-bond donors (Lipinski definition) is 2. The third-order valence-electron chi connectivity index (χ3n) is 8.27. The minimum atomic E-state index is -5.09. The molecule has 0 bridgehead atoms. The van der Waals surface area contributed by atoms with Crippen molar-refractivity contribution >= 4 is 5.97 Å². The van der Waals surface area contributed by atoms with Crippen LogP contribution in [0, 0.1) is 11.8 Å². The number of carbonyl (C=O) groups excluding carboxylic acids is 1. The highest BCUT2D eigenvalue weighted by Crippen LogP contribution is 2.39. The van der Waals surface area contributed by atoms with Gasteiger partial charge in [0.15, 0.2) is 0 Å². The number of ether oxygens (including phenoxy) is 1. The number of benzene rings is 2. The van der Waals surface area contributed by atoms with E-state index in [2.05, 4.69) is 10.2 Å². The molecule has 14 heteroatoms. The summed E-state index contributed by atoms with van der Waals surface area (Å²) in [5, 5.41) is 13.6. The Bertz CT molecular complexity index is 1290. The third-order valence-corrected chi connectivity index (χ3v) is 8.27. The topological polar surface area (TPSA) is 61.8 Å². The number of nitrogens with zero attached hydrogens (tertiary/aromatic N) is 1. The van der Waals surface area contributed by atoms with Crippen LogP contribution in [0.5, 0.6) is 0 Å². The molecule has 0 radical (unpaired) electrons. The predicted molar refractivity (Wildman–Crippen MR) is 153 cm³/mol. The Morgan fingerprint density at radius 1 is 0.891 bits per heavy atom. The van der Waals surface area contributed by atoms with Gasteiger partial charge in [-0.15, -0.1) is 0 Å². The molecule has 0 aliphatic carbocycles. The average Bonchev–Trinajstić information content (AvgIpc) is 2.95. The lowest BCUT2D eigenvalue weighted by Gasteiger charge is -2.40. The lowest BCUT2D eigenvalue weighted by atomic mass is 9.86. The van der Waals surface area contributed by atoms with Gasteiger partial charge < -0.3 is 15.2 Å². The van der Waals surface area contributed by atoms with Crippen molar-refractivity contribution in [2.45, 2.75) is 83.7 Å². The van der Waals surface area contributed by atoms with E-state index < -0.39 is 52.9 Å². The molecular weight excluding hydrogens is 631 g/mol. The number of carbonyl (C=O) groups is 1. The van der Waals surface area contributed by atoms with E-state index in [0.29, 0.717) is 43.0 Å². The van der Waals surface area contributed by atoms with Gasteiger partial charge in [0.2, 0.25) is 0 Å². The standard InChI is InChI=1S/C32H39F9N2O3/c1-18(2)28(43-11-8-21(9-12-43)17-46-20(4)44)27-6-5-24(30(33,34)35)13-22(27)7-10-42-19(3)29(45)23-14-25(31(36,37)38)16-26(15-23)32(39,40)41/h5-6,13-16,18-19,21,28-29,42,45H,7-12,17H2,1-4H3/t19-,28?,29+/m0/s1. The first-order valence-electron chi connectivity index (χ1n) is 15.0. The van der Waals surface area contributed by atoms with Crippen LogP contribution in [0.3, 0.4) is 0 Å². The van der Waals surface area contributed by atoms with Crippen LogP contribution < -0.4 is 5.32 Å². The van der Waals surface area contributed by atoms with Crippen LogP contribution in [0.2, 0.25) is 0 Å². The Labute approximate surface area is 262 Å². The molecule has 258 valence electrons. The number of piperidine rings is 1. The minimum Gasteiger partial charge on any atom is -0.466 e. The van der Waals surface area contributed by atoms with Gasteiger partial charge in [-0.25, -0.2) is 0 Å². The predicted octanol–water partition coefficient (Wildman–Crippen LogP) is 7.97. The van der Waals surface area contributed by atoms with E-state index in [4.69, 9.17) is 4.74 Å². The van der Waals surface area contributed by atoms with E-state index in [0.717, 1.165) is 25.0 Å². The van der Waals surface area contributed by atoms with Gasteiger partial charge in [-0.2, -0.15) is 39.5 Å². The lowest BCUT2D eigenvalue weighted by molar-refractivity contribution is -0.144. The van der Waals surface area contributed by atoms with Crippen LogP contribution in [0.15, 0.2) is 36.4 Å². The molecule has 0 spiro atoms. The fraction of sp³-hybridized carbons (Fsp3) is 0.594. The molecule has 0 saturated carbocycles. The summed E-state index contributed by atoms with van der Waals surface area (Å²) >= 11 is 0. The molecule has 2 aromatic carbocycles. The van der Waals surface area contributed by atoms with Crippen LogP contribution in [-0.2, 0) is 34.5 Å². The minimum absolute atomic E-state index is 0.00190. The molecular formula is C32H39F9N2O3. The van der Waals surface area contributed by atoms with E-state index in [-0.39, 0.29) is 42.9 Å². The third kappa shape index (κ3) is 10.1. The van der Waals surface area contributed by atoms with E-state index in [9.17, 15) is 49.4 Å². The molecule has 1 aliphatic rings. The van der Waals surface area contributed by atoms with Gasteiger partial charge in [-0.1, -0.05) is 19.9 Å². The molecule has 1 aliphatic heterocycles. The number of esters is 1. The lowest BCUT2D eigenvalue weighted by Crippen LogP contribution is -2.40. The molecule has 3 atom stereocenters. The largest absolute Gasteiger partial charge is 0.466 e. The van der Waals surface area contributed by atoms with Crippen LogP contribution in [0.4, 0.5) is 39.5 Å². The first-order chi connectivity index (χ1) is 21.2. The normalized spacial score (nSPS) is 17.6. The summed E-state index contributed by atoms with van der Waals surface area (Å²) < 4.78 is 126. The van der Waals surface area contributed by atoms with Crippen molar-refractivity contribution in [2.75, 3.05) is 26.2 Å². The molecule has 5 nitrogen and oxygen atoms in total. The average molecular weight is 671 g/mol. The van der Waals surface area contributed by atoms with Gasteiger partial charge in [0.1, 0.15) is 0 Å². The zero-order chi connectivity index (χ0) is 34.6. The number of aliphatic hydroxyl groups excluding tert-OH is 1. The van der Waals surface area contributed by atoms with Crippen LogP contribution in [0.1, 0.15) is 86.1 Å². The summed E-state index contributed by atoms with van der Waals surface area (Å²) in [7, 11) is 0. The highest BCUT2D eigenvalue weighted by Gasteiger charge is 2.38. The van der Waals surface area contributed by atoms with Gasteiger partial charge in [0.25, 0.3) is 0 Å². The molecule has 2 aromatic rings. The van der Waals surface area contributed by atoms with Crippen LogP contribution >= 0.6 is 0 Å². The Hall–Kier alpha value is -2.84. The second-order valence-electron chi connectivity index (χ2n) is 12.2. The van der Waals surface area contributed by atoms with Crippen molar-refractivity contribution in [3.05, 3.63) is 69.8 Å². The molecule has 0 aromatic heterocycles. The van der Waals surface area contributed by atoms with Crippen LogP contribution in [-0.4, -0.2) is 48.3 Å². The van der Waals surface area contributed by atoms with Crippen molar-refractivity contribution in [3.8, 4) is 0 Å². The molecule has 2 N–H and O–H groups in total. The smallest absolute Gasteiger partial charge is 0.416 e. The molecule has 0 amide bonds. The number of likely N-dealkylation sites (tertiary alicyclic amines) is 1. The zero-order valence-electron chi connectivity index (χ0n) is 25.9. The Kier molecular flexibility index (Phi) is 12.2. The summed E-state index contributed by atoms with van der Waals surface area (Å²) in [6.07, 6.45) is -15.1. The highest BCUT2D eigenvalue weighted by molar-refractivity contribution is 5.65. The summed E-state index contributed by atoms with van der Waals surface area (Å²) in [5.74, 6) is -0.202. The van der Waals surface area contributed by atoms with Crippen molar-refractivity contribution in [3.63, 3.8) is 0 Å². The number of hydrogen-bond acceptors (Lipinski definition) is 5. The fourth-order valence-corrected chi connectivity index (χ4v) is 5.88. The van der Waals surface area contributed by atoms with Gasteiger partial charge >= 0.3 is 24.5 Å².